The molecule has 0 atom stereocenters. The molecule has 2 nitrogen and oxygen atoms in total. The number of hydrogen-bond acceptors (Lipinski definition) is 1. The van der Waals surface area contributed by atoms with Crippen molar-refractivity contribution in [3.8, 4) is 0 Å². The maximum atomic E-state index is 11.5. The molecule has 4 heteroatoms. The third-order valence-electron chi connectivity index (χ3n) is 4.63. The molecular weight excluding hydrogens is 439 g/mol. The van der Waals surface area contributed by atoms with Gasteiger partial charge in [0, 0.05) is 0 Å². The van der Waals surface area contributed by atoms with E-state index in [9.17, 15) is 9.90 Å². The van der Waals surface area contributed by atoms with Crippen LogP contribution in [0.5, 0.6) is 0 Å². The Hall–Kier alpha value is -1.83. The third kappa shape index (κ3) is 3.19. The van der Waals surface area contributed by atoms with Crippen molar-refractivity contribution in [1.82, 2.24) is 0 Å². The van der Waals surface area contributed by atoms with Crippen LogP contribution in [0.4, 0.5) is 0 Å². The van der Waals surface area contributed by atoms with Crippen LogP contribution in [0, 0.1) is 0 Å². The normalized spacial score (nSPS) is 12.9. The molecule has 3 rings (SSSR count). The van der Waals surface area contributed by atoms with E-state index < -0.39 is 16.6 Å². The first kappa shape index (κ1) is 18.0. The summed E-state index contributed by atoms with van der Waals surface area (Å²) in [5.41, 5.74) is 0. The van der Waals surface area contributed by atoms with Gasteiger partial charge in [0.1, 0.15) is 0 Å². The molecule has 0 radical (unpaired) electrons. The van der Waals surface area contributed by atoms with Gasteiger partial charge in [0.05, 0.1) is 0 Å². The molecule has 0 bridgehead atoms. The molecule has 3 aromatic carbocycles. The molecular formula is C21H20AsBrO2. The van der Waals surface area contributed by atoms with Crippen molar-refractivity contribution in [2.75, 3.05) is 0 Å². The molecule has 0 unspecified atom stereocenters. The van der Waals surface area contributed by atoms with E-state index in [4.69, 9.17) is 0 Å². The molecule has 0 saturated carbocycles. The molecule has 0 amide bonds. The molecule has 0 aliphatic carbocycles. The van der Waals surface area contributed by atoms with Gasteiger partial charge in [-0.1, -0.05) is 0 Å². The second kappa shape index (κ2) is 7.19. The molecule has 25 heavy (non-hydrogen) atoms. The Balaban J connectivity index is 2.38. The third-order valence-corrected chi connectivity index (χ3v) is 23.7. The summed E-state index contributed by atoms with van der Waals surface area (Å²) in [5, 5.41) is 10.0. The van der Waals surface area contributed by atoms with Gasteiger partial charge in [-0.25, -0.2) is 0 Å². The standard InChI is InChI=1S/C21H20AsBrO2/c23-22(17-16-21(24)25,18-10-4-1-5-11-18,19-12-6-2-7-13-19)20-14-8-3-9-15-20/h1-15H,16-17H2,(H,24,25). The number of carboxylic acids is 1. The summed E-state index contributed by atoms with van der Waals surface area (Å²) >= 11 is 4.26. The Morgan fingerprint density at radius 1 is 0.720 bits per heavy atom. The van der Waals surface area contributed by atoms with E-state index in [1.165, 1.54) is 13.1 Å². The Bertz CT molecular complexity index is 751. The van der Waals surface area contributed by atoms with Crippen molar-refractivity contribution in [3.05, 3.63) is 91.0 Å². The Morgan fingerprint density at radius 2 is 1.04 bits per heavy atom. The van der Waals surface area contributed by atoms with Crippen LogP contribution in [-0.4, -0.2) is 21.7 Å². The van der Waals surface area contributed by atoms with Gasteiger partial charge in [-0.2, -0.15) is 0 Å². The van der Waals surface area contributed by atoms with Crippen molar-refractivity contribution in [2.45, 2.75) is 11.6 Å². The number of carbonyl (C=O) groups is 1. The van der Waals surface area contributed by atoms with Gasteiger partial charge in [-0.15, -0.1) is 0 Å². The molecule has 128 valence electrons. The fraction of sp³-hybridized carbons (Fsp3) is 0.0952. The monoisotopic (exact) mass is 458 g/mol. The zero-order chi connectivity index (χ0) is 17.8. The molecule has 3 aromatic rings. The van der Waals surface area contributed by atoms with Gasteiger partial charge in [-0.3, -0.25) is 0 Å². The summed E-state index contributed by atoms with van der Waals surface area (Å²) in [7, 11) is -3.78. The average molecular weight is 459 g/mol. The van der Waals surface area contributed by atoms with Crippen LogP contribution < -0.4 is 13.1 Å². The first-order valence-corrected chi connectivity index (χ1v) is 16.7. The van der Waals surface area contributed by atoms with E-state index in [1.54, 1.807) is 0 Å². The Morgan fingerprint density at radius 3 is 1.32 bits per heavy atom. The zero-order valence-electron chi connectivity index (χ0n) is 13.8. The SMILES string of the molecule is O=C(O)CC[As](Br)(c1ccccc1)(c1ccccc1)c1ccccc1. The summed E-state index contributed by atoms with van der Waals surface area (Å²) in [6.45, 7) is 0. The van der Waals surface area contributed by atoms with E-state index in [1.807, 2.05) is 54.6 Å². The van der Waals surface area contributed by atoms with Gasteiger partial charge in [0.25, 0.3) is 0 Å². The summed E-state index contributed by atoms with van der Waals surface area (Å²) in [6, 6.07) is 30.9. The van der Waals surface area contributed by atoms with Crippen molar-refractivity contribution in [2.24, 2.45) is 0 Å². The maximum absolute atomic E-state index is 11.5. The molecule has 0 aliphatic heterocycles. The molecule has 0 spiro atoms. The van der Waals surface area contributed by atoms with Gasteiger partial charge in [0.15, 0.2) is 0 Å². The second-order valence-electron chi connectivity index (χ2n) is 6.06. The van der Waals surface area contributed by atoms with Crippen molar-refractivity contribution >= 4 is 43.5 Å². The average Bonchev–Trinajstić information content (AvgIpc) is 2.68. The predicted molar refractivity (Wildman–Crippen MR) is 110 cm³/mol. The molecule has 0 fully saturated rings. The van der Waals surface area contributed by atoms with Crippen molar-refractivity contribution < 1.29 is 9.90 Å². The van der Waals surface area contributed by atoms with Crippen LogP contribution in [0.1, 0.15) is 6.42 Å². The van der Waals surface area contributed by atoms with Crippen LogP contribution in [0.15, 0.2) is 91.0 Å². The fourth-order valence-corrected chi connectivity index (χ4v) is 17.7. The Kier molecular flexibility index (Phi) is 5.17. The Labute approximate surface area is 155 Å². The number of hydrogen-bond donors (Lipinski definition) is 1. The predicted octanol–water partition coefficient (Wildman–Crippen LogP) is 3.48. The number of aliphatic carboxylic acids is 1. The summed E-state index contributed by atoms with van der Waals surface area (Å²) < 4.78 is 3.58. The molecule has 0 saturated heterocycles. The van der Waals surface area contributed by atoms with Gasteiger partial charge in [0.2, 0.25) is 0 Å². The van der Waals surface area contributed by atoms with Crippen LogP contribution in [0.25, 0.3) is 0 Å². The van der Waals surface area contributed by atoms with E-state index >= 15 is 0 Å². The first-order chi connectivity index (χ1) is 12.1. The van der Waals surface area contributed by atoms with Gasteiger partial charge in [-0.05, 0) is 0 Å². The summed E-state index contributed by atoms with van der Waals surface area (Å²) in [6.07, 6.45) is 0.121. The quantitative estimate of drug-likeness (QED) is 0.574. The molecule has 1 N–H and O–H groups in total. The van der Waals surface area contributed by atoms with Crippen molar-refractivity contribution in [3.63, 3.8) is 0 Å². The van der Waals surface area contributed by atoms with Crippen LogP contribution >= 0.6 is 13.9 Å². The van der Waals surface area contributed by atoms with Gasteiger partial charge < -0.3 is 0 Å². The van der Waals surface area contributed by atoms with Crippen LogP contribution in [-0.2, 0) is 4.79 Å². The number of rotatable bonds is 6. The second-order valence-corrected chi connectivity index (χ2v) is 23.3. The first-order valence-electron chi connectivity index (χ1n) is 8.17. The zero-order valence-corrected chi connectivity index (χ0v) is 17.2. The molecule has 0 aromatic heterocycles. The van der Waals surface area contributed by atoms with Gasteiger partial charge >= 0.3 is 156 Å². The molecule has 0 aliphatic rings. The number of carboxylic acid groups (broad SMARTS) is 1. The fourth-order valence-electron chi connectivity index (χ4n) is 3.36. The van der Waals surface area contributed by atoms with E-state index in [2.05, 4.69) is 50.3 Å². The number of halogens is 1. The molecule has 0 heterocycles. The topological polar surface area (TPSA) is 37.3 Å². The summed E-state index contributed by atoms with van der Waals surface area (Å²) in [4.78, 5) is 11.5. The van der Waals surface area contributed by atoms with Crippen LogP contribution in [0.2, 0.25) is 5.21 Å². The van der Waals surface area contributed by atoms with Crippen LogP contribution in [0.3, 0.4) is 0 Å². The summed E-state index contributed by atoms with van der Waals surface area (Å²) in [5.74, 6) is -0.769. The number of benzene rings is 3. The van der Waals surface area contributed by atoms with E-state index in [0.717, 1.165) is 0 Å². The van der Waals surface area contributed by atoms with Crippen molar-refractivity contribution in [1.29, 1.82) is 0 Å². The minimum atomic E-state index is -3.78. The van der Waals surface area contributed by atoms with E-state index in [0.29, 0.717) is 5.21 Å². The van der Waals surface area contributed by atoms with E-state index in [-0.39, 0.29) is 6.42 Å². The minimum absolute atomic E-state index is 0.121.